The van der Waals surface area contributed by atoms with Gasteiger partial charge in [0.2, 0.25) is 0 Å². The highest BCUT2D eigenvalue weighted by Crippen LogP contribution is 2.29. The molecule has 2 aromatic heterocycles. The number of piperidine rings is 1. The van der Waals surface area contributed by atoms with Crippen molar-refractivity contribution >= 4 is 17.3 Å². The van der Waals surface area contributed by atoms with Crippen LogP contribution in [-0.2, 0) is 4.79 Å². The molecule has 0 aliphatic carbocycles. The molecule has 3 heterocycles. The number of fused-ring (bicyclic) bond motifs is 1. The number of aliphatic carboxylic acids is 1. The summed E-state index contributed by atoms with van der Waals surface area (Å²) in [5.41, 5.74) is 1.77. The molecule has 0 spiro atoms. The number of carboxylic acids is 1. The first-order valence-electron chi connectivity index (χ1n) is 6.86. The highest BCUT2D eigenvalue weighted by atomic mass is 16.4. The number of rotatable bonds is 2. The van der Waals surface area contributed by atoms with Crippen molar-refractivity contribution in [1.29, 1.82) is 0 Å². The maximum atomic E-state index is 11.5. The van der Waals surface area contributed by atoms with Gasteiger partial charge in [-0.05, 0) is 31.7 Å². The Morgan fingerprint density at radius 2 is 2.30 bits per heavy atom. The number of aromatic nitrogens is 3. The van der Waals surface area contributed by atoms with Crippen LogP contribution in [0.5, 0.6) is 0 Å². The third-order valence-corrected chi connectivity index (χ3v) is 3.91. The molecule has 2 aromatic rings. The van der Waals surface area contributed by atoms with Crippen LogP contribution >= 0.6 is 0 Å². The van der Waals surface area contributed by atoms with E-state index in [4.69, 9.17) is 0 Å². The van der Waals surface area contributed by atoms with Crippen LogP contribution in [0.2, 0.25) is 0 Å². The molecular formula is C14H18N4O2. The van der Waals surface area contributed by atoms with E-state index in [1.165, 1.54) is 0 Å². The van der Waals surface area contributed by atoms with Gasteiger partial charge in [-0.3, -0.25) is 0 Å². The van der Waals surface area contributed by atoms with Crippen molar-refractivity contribution in [3.05, 3.63) is 24.2 Å². The van der Waals surface area contributed by atoms with Crippen molar-refractivity contribution in [3.63, 3.8) is 0 Å². The molecule has 6 heteroatoms. The van der Waals surface area contributed by atoms with E-state index >= 15 is 0 Å². The molecule has 2 unspecified atom stereocenters. The quantitative estimate of drug-likeness (QED) is 0.903. The summed E-state index contributed by atoms with van der Waals surface area (Å²) >= 11 is 0. The molecule has 1 saturated heterocycles. The van der Waals surface area contributed by atoms with Crippen LogP contribution in [0.1, 0.15) is 25.5 Å². The predicted octanol–water partition coefficient (Wildman–Crippen LogP) is 1.73. The fourth-order valence-corrected chi connectivity index (χ4v) is 2.88. The number of anilines is 1. The van der Waals surface area contributed by atoms with Gasteiger partial charge in [-0.2, -0.15) is 5.10 Å². The van der Waals surface area contributed by atoms with Crippen molar-refractivity contribution in [1.82, 2.24) is 14.6 Å². The van der Waals surface area contributed by atoms with Crippen LogP contribution in [0.15, 0.2) is 18.5 Å². The summed E-state index contributed by atoms with van der Waals surface area (Å²) in [6.45, 7) is 4.74. The molecule has 1 fully saturated rings. The number of nitrogens with zero attached hydrogens (tertiary/aromatic N) is 4. The number of carbonyl (C=O) groups is 1. The minimum Gasteiger partial charge on any atom is -0.480 e. The first-order valence-corrected chi connectivity index (χ1v) is 6.86. The third kappa shape index (κ3) is 2.11. The van der Waals surface area contributed by atoms with Gasteiger partial charge in [0.15, 0.2) is 5.82 Å². The second-order valence-corrected chi connectivity index (χ2v) is 5.54. The molecule has 106 valence electrons. The van der Waals surface area contributed by atoms with Crippen molar-refractivity contribution in [2.24, 2.45) is 5.92 Å². The molecule has 6 nitrogen and oxygen atoms in total. The minimum atomic E-state index is -0.781. The summed E-state index contributed by atoms with van der Waals surface area (Å²) in [5.74, 6) is 0.364. The van der Waals surface area contributed by atoms with E-state index in [2.05, 4.69) is 17.0 Å². The van der Waals surface area contributed by atoms with Crippen molar-refractivity contribution in [3.8, 4) is 0 Å². The zero-order chi connectivity index (χ0) is 14.3. The largest absolute Gasteiger partial charge is 0.480 e. The lowest BCUT2D eigenvalue weighted by atomic mass is 9.92. The van der Waals surface area contributed by atoms with Gasteiger partial charge >= 0.3 is 5.97 Å². The maximum absolute atomic E-state index is 11.5. The normalized spacial score (nSPS) is 23.2. The van der Waals surface area contributed by atoms with Gasteiger partial charge in [-0.25, -0.2) is 14.3 Å². The Balaban J connectivity index is 2.06. The molecule has 0 saturated carbocycles. The summed E-state index contributed by atoms with van der Waals surface area (Å²) in [6, 6.07) is 1.44. The zero-order valence-corrected chi connectivity index (χ0v) is 11.7. The highest BCUT2D eigenvalue weighted by molar-refractivity contribution is 5.81. The first kappa shape index (κ1) is 12.9. The van der Waals surface area contributed by atoms with Crippen LogP contribution in [0.25, 0.3) is 5.52 Å². The van der Waals surface area contributed by atoms with E-state index in [0.717, 1.165) is 24.2 Å². The molecule has 2 atom stereocenters. The smallest absolute Gasteiger partial charge is 0.326 e. The molecule has 20 heavy (non-hydrogen) atoms. The number of carboxylic acid groups (broad SMARTS) is 1. The summed E-state index contributed by atoms with van der Waals surface area (Å²) in [6.07, 6.45) is 5.10. The molecular weight excluding hydrogens is 256 g/mol. The van der Waals surface area contributed by atoms with E-state index in [0.29, 0.717) is 18.2 Å². The van der Waals surface area contributed by atoms with Crippen molar-refractivity contribution in [2.75, 3.05) is 11.4 Å². The van der Waals surface area contributed by atoms with Crippen LogP contribution in [0.3, 0.4) is 0 Å². The van der Waals surface area contributed by atoms with E-state index in [9.17, 15) is 9.90 Å². The summed E-state index contributed by atoms with van der Waals surface area (Å²) < 4.78 is 1.76. The molecule has 0 amide bonds. The monoisotopic (exact) mass is 274 g/mol. The second-order valence-electron chi connectivity index (χ2n) is 5.54. The summed E-state index contributed by atoms with van der Waals surface area (Å²) in [4.78, 5) is 17.8. The second kappa shape index (κ2) is 4.77. The van der Waals surface area contributed by atoms with E-state index in [1.807, 2.05) is 17.9 Å². The average Bonchev–Trinajstić information content (AvgIpc) is 2.78. The summed E-state index contributed by atoms with van der Waals surface area (Å²) in [5, 5.41) is 13.8. The fourth-order valence-electron chi connectivity index (χ4n) is 2.88. The standard InChI is InChI=1S/C14H18N4O2/c1-9-3-5-17(12(7-9)14(19)20)13-11-8-10(2)16-18(11)6-4-15-13/h4,6,8-9,12H,3,5,7H2,1-2H3,(H,19,20). The lowest BCUT2D eigenvalue weighted by molar-refractivity contribution is -0.139. The van der Waals surface area contributed by atoms with E-state index in [-0.39, 0.29) is 0 Å². The topological polar surface area (TPSA) is 70.7 Å². The zero-order valence-electron chi connectivity index (χ0n) is 11.7. The Hall–Kier alpha value is -2.11. The molecule has 0 radical (unpaired) electrons. The maximum Gasteiger partial charge on any atom is 0.326 e. The molecule has 1 aliphatic rings. The van der Waals surface area contributed by atoms with Gasteiger partial charge in [0.25, 0.3) is 0 Å². The number of hydrogen-bond acceptors (Lipinski definition) is 4. The van der Waals surface area contributed by atoms with Crippen molar-refractivity contribution < 1.29 is 9.90 Å². The Morgan fingerprint density at radius 3 is 3.05 bits per heavy atom. The van der Waals surface area contributed by atoms with Crippen LogP contribution in [0, 0.1) is 12.8 Å². The van der Waals surface area contributed by atoms with Crippen LogP contribution in [-0.4, -0.2) is 38.3 Å². The molecule has 0 bridgehead atoms. The molecule has 1 aliphatic heterocycles. The van der Waals surface area contributed by atoms with Gasteiger partial charge in [-0.1, -0.05) is 6.92 Å². The minimum absolute atomic E-state index is 0.429. The van der Waals surface area contributed by atoms with Gasteiger partial charge in [0, 0.05) is 18.9 Å². The average molecular weight is 274 g/mol. The lowest BCUT2D eigenvalue weighted by Gasteiger charge is -2.36. The Bertz CT molecular complexity index is 652. The van der Waals surface area contributed by atoms with Gasteiger partial charge in [0.05, 0.1) is 5.69 Å². The number of aryl methyl sites for hydroxylation is 1. The highest BCUT2D eigenvalue weighted by Gasteiger charge is 2.33. The Labute approximate surface area is 117 Å². The predicted molar refractivity (Wildman–Crippen MR) is 74.9 cm³/mol. The molecule has 1 N–H and O–H groups in total. The van der Waals surface area contributed by atoms with Gasteiger partial charge in [0.1, 0.15) is 11.6 Å². The SMILES string of the molecule is Cc1cc2c(N3CCC(C)CC3C(=O)O)nccn2n1. The first-order chi connectivity index (χ1) is 9.56. The molecule has 0 aromatic carbocycles. The van der Waals surface area contributed by atoms with E-state index < -0.39 is 12.0 Å². The number of hydrogen-bond donors (Lipinski definition) is 1. The van der Waals surface area contributed by atoms with Gasteiger partial charge in [-0.15, -0.1) is 0 Å². The Kier molecular flexibility index (Phi) is 3.08. The lowest BCUT2D eigenvalue weighted by Crippen LogP contribution is -2.47. The fraction of sp³-hybridized carbons (Fsp3) is 0.500. The third-order valence-electron chi connectivity index (χ3n) is 3.91. The molecule has 3 rings (SSSR count). The Morgan fingerprint density at radius 1 is 1.50 bits per heavy atom. The van der Waals surface area contributed by atoms with E-state index in [1.54, 1.807) is 16.9 Å². The van der Waals surface area contributed by atoms with Crippen LogP contribution < -0.4 is 4.90 Å². The van der Waals surface area contributed by atoms with Crippen LogP contribution in [0.4, 0.5) is 5.82 Å². The van der Waals surface area contributed by atoms with Gasteiger partial charge < -0.3 is 10.0 Å². The van der Waals surface area contributed by atoms with Crippen molar-refractivity contribution in [2.45, 2.75) is 32.7 Å². The summed E-state index contributed by atoms with van der Waals surface area (Å²) in [7, 11) is 0.